The van der Waals surface area contributed by atoms with E-state index in [1.165, 1.54) is 21.0 Å². The third-order valence-corrected chi connectivity index (χ3v) is 3.49. The van der Waals surface area contributed by atoms with Gasteiger partial charge in [-0.05, 0) is 32.8 Å². The monoisotopic (exact) mass is 253 g/mol. The van der Waals surface area contributed by atoms with Crippen molar-refractivity contribution in [1.29, 1.82) is 0 Å². The topological polar surface area (TPSA) is 44.5 Å². The Morgan fingerprint density at radius 1 is 1.17 bits per heavy atom. The lowest BCUT2D eigenvalue weighted by atomic mass is 9.93. The molecule has 1 aromatic rings. The first-order valence-corrected chi connectivity index (χ1v) is 6.06. The van der Waals surface area contributed by atoms with Crippen molar-refractivity contribution < 1.29 is 13.9 Å². The van der Waals surface area contributed by atoms with Crippen LogP contribution in [0.4, 0.5) is 4.39 Å². The lowest BCUT2D eigenvalue weighted by Gasteiger charge is -2.23. The summed E-state index contributed by atoms with van der Waals surface area (Å²) >= 11 is 0. The van der Waals surface area contributed by atoms with Crippen molar-refractivity contribution in [2.24, 2.45) is 5.73 Å². The summed E-state index contributed by atoms with van der Waals surface area (Å²) in [5, 5.41) is 0. The molecule has 0 amide bonds. The zero-order valence-corrected chi connectivity index (χ0v) is 11.3. The van der Waals surface area contributed by atoms with Crippen molar-refractivity contribution >= 4 is 0 Å². The predicted octanol–water partition coefficient (Wildman–Crippen LogP) is 2.86. The van der Waals surface area contributed by atoms with E-state index in [9.17, 15) is 4.39 Å². The zero-order valence-electron chi connectivity index (χ0n) is 11.3. The van der Waals surface area contributed by atoms with E-state index >= 15 is 0 Å². The Labute approximate surface area is 107 Å². The molecular weight excluding hydrogens is 233 g/mol. The first-order valence-electron chi connectivity index (χ1n) is 6.06. The maximum Gasteiger partial charge on any atom is 0.134 e. The minimum Gasteiger partial charge on any atom is -0.496 e. The molecule has 1 aliphatic carbocycles. The van der Waals surface area contributed by atoms with Crippen LogP contribution in [-0.4, -0.2) is 14.2 Å². The minimum atomic E-state index is -1.47. The van der Waals surface area contributed by atoms with E-state index in [-0.39, 0.29) is 5.54 Å². The number of nitrogens with two attached hydrogens (primary N) is 1. The summed E-state index contributed by atoms with van der Waals surface area (Å²) in [6.07, 6.45) is 1.81. The predicted molar refractivity (Wildman–Crippen MR) is 68.8 cm³/mol. The highest BCUT2D eigenvalue weighted by molar-refractivity contribution is 5.52. The molecule has 2 rings (SSSR count). The normalized spacial score (nSPS) is 17.4. The summed E-state index contributed by atoms with van der Waals surface area (Å²) in [5.74, 6) is 1.16. The lowest BCUT2D eigenvalue weighted by molar-refractivity contribution is 0.213. The molecule has 1 saturated carbocycles. The quantitative estimate of drug-likeness (QED) is 0.897. The summed E-state index contributed by atoms with van der Waals surface area (Å²) in [6, 6.07) is 3.50. The minimum absolute atomic E-state index is 0.363. The van der Waals surface area contributed by atoms with Gasteiger partial charge < -0.3 is 15.2 Å². The average Bonchev–Trinajstić information content (AvgIpc) is 3.05. The van der Waals surface area contributed by atoms with Crippen molar-refractivity contribution in [3.63, 3.8) is 0 Å². The fraction of sp³-hybridized carbons (Fsp3) is 0.571. The first-order chi connectivity index (χ1) is 8.31. The molecule has 4 heteroatoms. The summed E-state index contributed by atoms with van der Waals surface area (Å²) < 4.78 is 24.8. The Morgan fingerprint density at radius 3 is 2.11 bits per heavy atom. The van der Waals surface area contributed by atoms with Crippen molar-refractivity contribution in [1.82, 2.24) is 0 Å². The van der Waals surface area contributed by atoms with E-state index in [2.05, 4.69) is 0 Å². The van der Waals surface area contributed by atoms with Crippen LogP contribution < -0.4 is 15.2 Å². The summed E-state index contributed by atoms with van der Waals surface area (Å²) in [4.78, 5) is 0. The Morgan fingerprint density at radius 2 is 1.72 bits per heavy atom. The van der Waals surface area contributed by atoms with Crippen LogP contribution in [0, 0.1) is 0 Å². The second-order valence-corrected chi connectivity index (χ2v) is 5.38. The van der Waals surface area contributed by atoms with Gasteiger partial charge in [0.25, 0.3) is 0 Å². The zero-order chi connectivity index (χ0) is 13.6. The largest absolute Gasteiger partial charge is 0.496 e. The second-order valence-electron chi connectivity index (χ2n) is 5.38. The number of hydrogen-bond donors (Lipinski definition) is 1. The Kier molecular flexibility index (Phi) is 3.01. The van der Waals surface area contributed by atoms with Gasteiger partial charge in [-0.15, -0.1) is 0 Å². The Hall–Kier alpha value is -1.29. The van der Waals surface area contributed by atoms with Crippen molar-refractivity contribution in [2.75, 3.05) is 14.2 Å². The maximum atomic E-state index is 14.2. The number of alkyl halides is 1. The van der Waals surface area contributed by atoms with Crippen LogP contribution in [0.3, 0.4) is 0 Å². The molecule has 1 aromatic carbocycles. The van der Waals surface area contributed by atoms with Crippen molar-refractivity contribution in [3.05, 3.63) is 23.3 Å². The molecule has 0 atom stereocenters. The van der Waals surface area contributed by atoms with Crippen LogP contribution in [0.25, 0.3) is 0 Å². The number of halogens is 1. The van der Waals surface area contributed by atoms with Crippen LogP contribution >= 0.6 is 0 Å². The smallest absolute Gasteiger partial charge is 0.134 e. The number of ether oxygens (including phenoxy) is 2. The third kappa shape index (κ3) is 2.17. The number of hydrogen-bond acceptors (Lipinski definition) is 3. The van der Waals surface area contributed by atoms with Gasteiger partial charge in [0.05, 0.1) is 14.2 Å². The van der Waals surface area contributed by atoms with Gasteiger partial charge in [0.15, 0.2) is 0 Å². The van der Waals surface area contributed by atoms with Gasteiger partial charge in [-0.3, -0.25) is 0 Å². The molecule has 2 N–H and O–H groups in total. The van der Waals surface area contributed by atoms with E-state index in [0.29, 0.717) is 17.1 Å². The molecule has 0 aromatic heterocycles. The van der Waals surface area contributed by atoms with Crippen LogP contribution in [0.1, 0.15) is 37.8 Å². The SMILES string of the molecule is COc1cc(OC)c(C2(N)CC2)cc1C(C)(C)F. The van der Waals surface area contributed by atoms with E-state index in [1.54, 1.807) is 19.2 Å². The summed E-state index contributed by atoms with van der Waals surface area (Å²) in [5.41, 5.74) is 5.75. The first kappa shape index (κ1) is 13.1. The number of rotatable bonds is 4. The molecular formula is C14H20FNO2. The van der Waals surface area contributed by atoms with Gasteiger partial charge in [0.2, 0.25) is 0 Å². The number of benzene rings is 1. The molecule has 0 saturated heterocycles. The fourth-order valence-electron chi connectivity index (χ4n) is 2.16. The molecule has 3 nitrogen and oxygen atoms in total. The highest BCUT2D eigenvalue weighted by Gasteiger charge is 2.43. The van der Waals surface area contributed by atoms with E-state index in [1.807, 2.05) is 0 Å². The van der Waals surface area contributed by atoms with E-state index in [4.69, 9.17) is 15.2 Å². The summed E-state index contributed by atoms with van der Waals surface area (Å²) in [6.45, 7) is 3.02. The Bertz CT molecular complexity index is 433. The molecule has 0 heterocycles. The summed E-state index contributed by atoms with van der Waals surface area (Å²) in [7, 11) is 3.11. The van der Waals surface area contributed by atoms with Crippen LogP contribution in [-0.2, 0) is 11.2 Å². The van der Waals surface area contributed by atoms with Gasteiger partial charge >= 0.3 is 0 Å². The fourth-order valence-corrected chi connectivity index (χ4v) is 2.16. The maximum absolute atomic E-state index is 14.2. The average molecular weight is 253 g/mol. The van der Waals surface area contributed by atoms with Gasteiger partial charge in [0, 0.05) is 22.7 Å². The molecule has 18 heavy (non-hydrogen) atoms. The van der Waals surface area contributed by atoms with Crippen LogP contribution in [0.5, 0.6) is 11.5 Å². The molecule has 0 spiro atoms. The van der Waals surface area contributed by atoms with Crippen LogP contribution in [0.15, 0.2) is 12.1 Å². The Balaban J connectivity index is 2.60. The van der Waals surface area contributed by atoms with Gasteiger partial charge in [0.1, 0.15) is 17.2 Å². The standard InChI is InChI=1S/C14H20FNO2/c1-13(2,15)9-7-10(14(16)5-6-14)12(18-4)8-11(9)17-3/h7-8H,5-6,16H2,1-4H3. The highest BCUT2D eigenvalue weighted by atomic mass is 19.1. The lowest BCUT2D eigenvalue weighted by Crippen LogP contribution is -2.21. The van der Waals surface area contributed by atoms with Gasteiger partial charge in [-0.25, -0.2) is 4.39 Å². The van der Waals surface area contributed by atoms with Gasteiger partial charge in [-0.1, -0.05) is 0 Å². The molecule has 100 valence electrons. The third-order valence-electron chi connectivity index (χ3n) is 3.49. The number of methoxy groups -OCH3 is 2. The molecule has 0 bridgehead atoms. The van der Waals surface area contributed by atoms with Gasteiger partial charge in [-0.2, -0.15) is 0 Å². The van der Waals surface area contributed by atoms with Crippen molar-refractivity contribution in [3.8, 4) is 11.5 Å². The second kappa shape index (κ2) is 4.12. The van der Waals surface area contributed by atoms with Crippen molar-refractivity contribution in [2.45, 2.75) is 37.9 Å². The highest BCUT2D eigenvalue weighted by Crippen LogP contribution is 2.49. The van der Waals surface area contributed by atoms with E-state index < -0.39 is 5.67 Å². The molecule has 0 unspecified atom stereocenters. The van der Waals surface area contributed by atoms with Crippen LogP contribution in [0.2, 0.25) is 0 Å². The van der Waals surface area contributed by atoms with E-state index in [0.717, 1.165) is 18.4 Å². The molecule has 1 aliphatic rings. The molecule has 1 fully saturated rings. The molecule has 0 aliphatic heterocycles. The molecule has 0 radical (unpaired) electrons.